The summed E-state index contributed by atoms with van der Waals surface area (Å²) < 4.78 is 60.0. The SMILES string of the molecule is COc1ccc(F)c(F)c1C(=O)c1cnc(NC2CCN(S(=O)(=O)NC(C)=O)CC2)nc1N. The van der Waals surface area contributed by atoms with Crippen molar-refractivity contribution in [2.45, 2.75) is 25.8 Å². The molecule has 1 aliphatic rings. The van der Waals surface area contributed by atoms with Gasteiger partial charge in [0.15, 0.2) is 11.6 Å². The van der Waals surface area contributed by atoms with Crippen molar-refractivity contribution in [2.75, 3.05) is 31.2 Å². The second-order valence-electron chi connectivity index (χ2n) is 7.24. The lowest BCUT2D eigenvalue weighted by Crippen LogP contribution is -2.48. The Labute approximate surface area is 188 Å². The molecule has 2 aromatic rings. The first-order valence-corrected chi connectivity index (χ1v) is 11.2. The van der Waals surface area contributed by atoms with Crippen LogP contribution >= 0.6 is 0 Å². The highest BCUT2D eigenvalue weighted by Gasteiger charge is 2.29. The van der Waals surface area contributed by atoms with Crippen molar-refractivity contribution in [1.82, 2.24) is 19.0 Å². The summed E-state index contributed by atoms with van der Waals surface area (Å²) in [6, 6.07) is 1.76. The van der Waals surface area contributed by atoms with Crippen LogP contribution in [0.1, 0.15) is 35.7 Å². The lowest BCUT2D eigenvalue weighted by Gasteiger charge is -2.31. The van der Waals surface area contributed by atoms with E-state index < -0.39 is 39.1 Å². The summed E-state index contributed by atoms with van der Waals surface area (Å²) in [7, 11) is -2.68. The Morgan fingerprint density at radius 2 is 1.91 bits per heavy atom. The molecule has 0 atom stereocenters. The minimum atomic E-state index is -3.89. The first-order valence-electron chi connectivity index (χ1n) is 9.77. The van der Waals surface area contributed by atoms with E-state index in [1.807, 2.05) is 4.72 Å². The van der Waals surface area contributed by atoms with Crippen LogP contribution in [0.15, 0.2) is 18.3 Å². The topological polar surface area (TPSA) is 157 Å². The van der Waals surface area contributed by atoms with Gasteiger partial charge in [0.1, 0.15) is 17.1 Å². The molecule has 0 saturated carbocycles. The van der Waals surface area contributed by atoms with Gasteiger partial charge in [0.05, 0.1) is 12.7 Å². The van der Waals surface area contributed by atoms with Gasteiger partial charge in [-0.15, -0.1) is 0 Å². The molecule has 0 spiro atoms. The number of nitrogens with two attached hydrogens (primary N) is 1. The van der Waals surface area contributed by atoms with Crippen LogP contribution in [0.3, 0.4) is 0 Å². The van der Waals surface area contributed by atoms with Crippen LogP contribution in [-0.4, -0.2) is 60.6 Å². The van der Waals surface area contributed by atoms with Crippen molar-refractivity contribution in [2.24, 2.45) is 0 Å². The molecule has 14 heteroatoms. The number of halogens is 2. The standard InChI is InChI=1S/C19H22F2N6O5S/c1-10(28)26-33(30,31)27-7-5-11(6-8-27)24-19-23-9-12(18(22)25-19)17(29)15-14(32-2)4-3-13(20)16(15)21/h3-4,9,11H,5-8H2,1-2H3,(H,26,28)(H3,22,23,24,25). The molecule has 1 aromatic carbocycles. The molecule has 11 nitrogen and oxygen atoms in total. The van der Waals surface area contributed by atoms with Crippen LogP contribution in [0.5, 0.6) is 5.75 Å². The number of hydrogen-bond acceptors (Lipinski definition) is 9. The summed E-state index contributed by atoms with van der Waals surface area (Å²) in [5.41, 5.74) is 5.01. The van der Waals surface area contributed by atoms with Gasteiger partial charge in [-0.2, -0.15) is 17.7 Å². The molecule has 0 bridgehead atoms. The molecule has 1 fully saturated rings. The van der Waals surface area contributed by atoms with Gasteiger partial charge < -0.3 is 15.8 Å². The summed E-state index contributed by atoms with van der Waals surface area (Å²) >= 11 is 0. The minimum absolute atomic E-state index is 0.0823. The Morgan fingerprint density at radius 3 is 2.48 bits per heavy atom. The fraction of sp³-hybridized carbons (Fsp3) is 0.368. The molecule has 0 radical (unpaired) electrons. The van der Waals surface area contributed by atoms with Crippen LogP contribution in [0.25, 0.3) is 0 Å². The zero-order valence-corrected chi connectivity index (χ0v) is 18.6. The Kier molecular flexibility index (Phi) is 7.07. The average Bonchev–Trinajstić information content (AvgIpc) is 2.74. The molecule has 3 rings (SSSR count). The highest BCUT2D eigenvalue weighted by Crippen LogP contribution is 2.28. The Balaban J connectivity index is 1.71. The second-order valence-corrected chi connectivity index (χ2v) is 8.91. The lowest BCUT2D eigenvalue weighted by molar-refractivity contribution is -0.117. The van der Waals surface area contributed by atoms with Gasteiger partial charge in [-0.25, -0.2) is 18.5 Å². The van der Waals surface area contributed by atoms with Crippen molar-refractivity contribution in [3.05, 3.63) is 41.1 Å². The molecular formula is C19H22F2N6O5S. The number of nitrogens with one attached hydrogen (secondary N) is 2. The molecule has 1 saturated heterocycles. The Hall–Kier alpha value is -3.39. The van der Waals surface area contributed by atoms with E-state index in [2.05, 4.69) is 15.3 Å². The number of ether oxygens (including phenoxy) is 1. The summed E-state index contributed by atoms with van der Waals surface area (Å²) in [6.45, 7) is 1.43. The van der Waals surface area contributed by atoms with Crippen molar-refractivity contribution >= 4 is 33.7 Å². The van der Waals surface area contributed by atoms with E-state index in [1.54, 1.807) is 0 Å². The number of methoxy groups -OCH3 is 1. The smallest absolute Gasteiger partial charge is 0.303 e. The summed E-state index contributed by atoms with van der Waals surface area (Å²) in [5.74, 6) is -4.55. The normalized spacial score (nSPS) is 15.2. The Morgan fingerprint density at radius 1 is 1.24 bits per heavy atom. The molecule has 2 heterocycles. The van der Waals surface area contributed by atoms with Gasteiger partial charge in [0, 0.05) is 32.3 Å². The van der Waals surface area contributed by atoms with E-state index in [1.165, 1.54) is 7.11 Å². The third-order valence-electron chi connectivity index (χ3n) is 4.97. The number of aromatic nitrogens is 2. The maximum atomic E-state index is 14.3. The number of anilines is 2. The molecule has 0 unspecified atom stereocenters. The second kappa shape index (κ2) is 9.62. The van der Waals surface area contributed by atoms with E-state index in [9.17, 15) is 26.8 Å². The fourth-order valence-electron chi connectivity index (χ4n) is 3.36. The van der Waals surface area contributed by atoms with E-state index in [0.717, 1.165) is 29.6 Å². The molecule has 4 N–H and O–H groups in total. The third-order valence-corrected chi connectivity index (χ3v) is 6.56. The van der Waals surface area contributed by atoms with Gasteiger partial charge in [-0.3, -0.25) is 9.59 Å². The molecule has 1 amide bonds. The van der Waals surface area contributed by atoms with Crippen molar-refractivity contribution in [3.63, 3.8) is 0 Å². The third kappa shape index (κ3) is 5.34. The summed E-state index contributed by atoms with van der Waals surface area (Å²) in [6.07, 6.45) is 1.89. The van der Waals surface area contributed by atoms with E-state index >= 15 is 0 Å². The number of rotatable bonds is 7. The summed E-state index contributed by atoms with van der Waals surface area (Å²) in [5, 5.41) is 3.00. The van der Waals surface area contributed by atoms with Crippen LogP contribution in [0.4, 0.5) is 20.5 Å². The predicted molar refractivity (Wildman–Crippen MR) is 114 cm³/mol. The van der Waals surface area contributed by atoms with Crippen LogP contribution in [0.2, 0.25) is 0 Å². The predicted octanol–water partition coefficient (Wildman–Crippen LogP) is 0.834. The number of ketones is 1. The molecule has 33 heavy (non-hydrogen) atoms. The van der Waals surface area contributed by atoms with Crippen LogP contribution in [-0.2, 0) is 15.0 Å². The number of amides is 1. The zero-order chi connectivity index (χ0) is 24.3. The quantitative estimate of drug-likeness (QED) is 0.484. The highest BCUT2D eigenvalue weighted by molar-refractivity contribution is 7.87. The number of nitrogens with zero attached hydrogens (tertiary/aromatic N) is 3. The van der Waals surface area contributed by atoms with Crippen molar-refractivity contribution < 1.29 is 31.5 Å². The summed E-state index contributed by atoms with van der Waals surface area (Å²) in [4.78, 5) is 31.9. The average molecular weight is 484 g/mol. The zero-order valence-electron chi connectivity index (χ0n) is 17.8. The fourth-order valence-corrected chi connectivity index (χ4v) is 4.54. The Bertz CT molecular complexity index is 1190. The number of hydrogen-bond donors (Lipinski definition) is 3. The molecule has 178 valence electrons. The van der Waals surface area contributed by atoms with Crippen molar-refractivity contribution in [3.8, 4) is 5.75 Å². The molecule has 0 aliphatic carbocycles. The number of carbonyl (C=O) groups is 2. The largest absolute Gasteiger partial charge is 0.496 e. The van der Waals surface area contributed by atoms with Gasteiger partial charge >= 0.3 is 10.2 Å². The first-order chi connectivity index (χ1) is 15.5. The van der Waals surface area contributed by atoms with E-state index in [-0.39, 0.29) is 42.2 Å². The van der Waals surface area contributed by atoms with Gasteiger partial charge in [0.2, 0.25) is 17.6 Å². The van der Waals surface area contributed by atoms with Gasteiger partial charge in [-0.1, -0.05) is 0 Å². The van der Waals surface area contributed by atoms with Crippen LogP contribution < -0.4 is 20.5 Å². The number of benzene rings is 1. The van der Waals surface area contributed by atoms with E-state index in [4.69, 9.17) is 10.5 Å². The maximum Gasteiger partial charge on any atom is 0.303 e. The van der Waals surface area contributed by atoms with Crippen molar-refractivity contribution in [1.29, 1.82) is 0 Å². The molecular weight excluding hydrogens is 462 g/mol. The molecule has 1 aliphatic heterocycles. The number of nitrogen functional groups attached to an aromatic ring is 1. The number of piperidine rings is 1. The van der Waals surface area contributed by atoms with Crippen LogP contribution in [0, 0.1) is 11.6 Å². The molecule has 1 aromatic heterocycles. The lowest BCUT2D eigenvalue weighted by atomic mass is 10.0. The monoisotopic (exact) mass is 484 g/mol. The minimum Gasteiger partial charge on any atom is -0.496 e. The van der Waals surface area contributed by atoms with Gasteiger partial charge in [-0.05, 0) is 25.0 Å². The van der Waals surface area contributed by atoms with E-state index in [0.29, 0.717) is 12.8 Å². The van der Waals surface area contributed by atoms with Gasteiger partial charge in [0.25, 0.3) is 0 Å². The maximum absolute atomic E-state index is 14.3. The number of carbonyl (C=O) groups excluding carboxylic acids is 2. The first kappa shape index (κ1) is 24.3. The highest BCUT2D eigenvalue weighted by atomic mass is 32.2.